The summed E-state index contributed by atoms with van der Waals surface area (Å²) in [5.74, 6) is -1.92. The number of aromatic nitrogens is 2. The Bertz CT molecular complexity index is 767. The van der Waals surface area contributed by atoms with Crippen molar-refractivity contribution in [3.05, 3.63) is 47.5 Å². The quantitative estimate of drug-likeness (QED) is 0.825. The summed E-state index contributed by atoms with van der Waals surface area (Å²) in [4.78, 5) is 27.0. The number of ketones is 1. The summed E-state index contributed by atoms with van der Waals surface area (Å²) in [5.41, 5.74) is 0.856. The van der Waals surface area contributed by atoms with Crippen molar-refractivity contribution in [2.45, 2.75) is 32.7 Å². The van der Waals surface area contributed by atoms with Crippen LogP contribution in [-0.2, 0) is 24.2 Å². The molecule has 6 nitrogen and oxygen atoms in total. The van der Waals surface area contributed by atoms with Crippen LogP contribution in [0.5, 0.6) is 5.75 Å². The lowest BCUT2D eigenvalue weighted by atomic mass is 10.1. The molecule has 0 saturated heterocycles. The third kappa shape index (κ3) is 5.33. The Labute approximate surface area is 140 Å². The molecule has 1 aromatic carbocycles. The summed E-state index contributed by atoms with van der Waals surface area (Å²) in [7, 11) is 0. The molecule has 1 N–H and O–H groups in total. The van der Waals surface area contributed by atoms with Gasteiger partial charge in [-0.1, -0.05) is 12.1 Å². The lowest BCUT2D eigenvalue weighted by Gasteiger charge is -2.09. The van der Waals surface area contributed by atoms with Gasteiger partial charge < -0.3 is 14.4 Å². The maximum absolute atomic E-state index is 12.1. The molecule has 1 heterocycles. The van der Waals surface area contributed by atoms with Crippen LogP contribution in [0.15, 0.2) is 30.5 Å². The molecule has 0 aliphatic heterocycles. The first-order chi connectivity index (χ1) is 11.7. The van der Waals surface area contributed by atoms with Crippen molar-refractivity contribution in [1.29, 1.82) is 0 Å². The van der Waals surface area contributed by atoms with Gasteiger partial charge in [-0.25, -0.2) is 9.78 Å². The summed E-state index contributed by atoms with van der Waals surface area (Å²) in [6.07, 6.45) is -3.33. The van der Waals surface area contributed by atoms with Crippen molar-refractivity contribution < 1.29 is 32.6 Å². The summed E-state index contributed by atoms with van der Waals surface area (Å²) < 4.78 is 41.4. The number of halogens is 3. The zero-order valence-electron chi connectivity index (χ0n) is 13.2. The predicted octanol–water partition coefficient (Wildman–Crippen LogP) is 2.85. The average Bonchev–Trinajstić information content (AvgIpc) is 2.91. The van der Waals surface area contributed by atoms with E-state index in [0.717, 1.165) is 12.1 Å². The molecular weight excluding hydrogens is 341 g/mol. The molecular formula is C16H15F3N2O4. The first-order valence-electron chi connectivity index (χ1n) is 7.33. The largest absolute Gasteiger partial charge is 0.573 e. The van der Waals surface area contributed by atoms with Crippen LogP contribution in [0.2, 0.25) is 0 Å². The number of benzene rings is 1. The third-order valence-corrected chi connectivity index (χ3v) is 3.29. The van der Waals surface area contributed by atoms with Gasteiger partial charge in [0.05, 0.1) is 12.1 Å². The molecule has 9 heteroatoms. The maximum atomic E-state index is 12.1. The van der Waals surface area contributed by atoms with E-state index in [4.69, 9.17) is 5.11 Å². The van der Waals surface area contributed by atoms with Gasteiger partial charge in [0.1, 0.15) is 11.5 Å². The van der Waals surface area contributed by atoms with Gasteiger partial charge in [-0.15, -0.1) is 13.2 Å². The highest BCUT2D eigenvalue weighted by atomic mass is 19.4. The van der Waals surface area contributed by atoms with E-state index in [9.17, 15) is 22.8 Å². The Balaban J connectivity index is 1.99. The fraction of sp³-hybridized carbons (Fsp3) is 0.312. The Kier molecular flexibility index (Phi) is 5.45. The van der Waals surface area contributed by atoms with E-state index < -0.39 is 12.3 Å². The number of alkyl halides is 3. The molecule has 0 aliphatic rings. The number of aryl methyl sites for hydroxylation is 1. The number of carbonyl (C=O) groups excluding carboxylic acids is 1. The van der Waals surface area contributed by atoms with E-state index in [0.29, 0.717) is 17.8 Å². The minimum Gasteiger partial charge on any atom is -0.475 e. The third-order valence-electron chi connectivity index (χ3n) is 3.29. The molecule has 0 radical (unpaired) electrons. The van der Waals surface area contributed by atoms with Crippen LogP contribution in [-0.4, -0.2) is 32.8 Å². The molecule has 2 aromatic rings. The van der Waals surface area contributed by atoms with Gasteiger partial charge in [0.2, 0.25) is 5.82 Å². The number of rotatable bonds is 7. The molecule has 0 spiro atoms. The van der Waals surface area contributed by atoms with Crippen LogP contribution in [0.3, 0.4) is 0 Å². The highest BCUT2D eigenvalue weighted by Gasteiger charge is 2.30. The van der Waals surface area contributed by atoms with E-state index in [2.05, 4.69) is 9.72 Å². The van der Waals surface area contributed by atoms with E-state index >= 15 is 0 Å². The van der Waals surface area contributed by atoms with Crippen LogP contribution in [0.25, 0.3) is 0 Å². The summed E-state index contributed by atoms with van der Waals surface area (Å²) >= 11 is 0. The normalized spacial score (nSPS) is 11.4. The molecule has 0 atom stereocenters. The fourth-order valence-electron chi connectivity index (χ4n) is 2.27. The van der Waals surface area contributed by atoms with Crippen LogP contribution in [0.4, 0.5) is 13.2 Å². The number of carboxylic acids is 1. The minimum atomic E-state index is -4.77. The Hall–Kier alpha value is -2.84. The summed E-state index contributed by atoms with van der Waals surface area (Å²) in [6, 6.07) is 4.99. The molecule has 0 aliphatic carbocycles. The van der Waals surface area contributed by atoms with E-state index in [1.54, 1.807) is 6.92 Å². The average molecular weight is 356 g/mol. The molecule has 0 amide bonds. The number of carbonyl (C=O) groups is 2. The topological polar surface area (TPSA) is 81.4 Å². The second kappa shape index (κ2) is 7.37. The van der Waals surface area contributed by atoms with Gasteiger partial charge in [0.15, 0.2) is 0 Å². The van der Waals surface area contributed by atoms with Crippen molar-refractivity contribution in [3.63, 3.8) is 0 Å². The molecule has 0 fully saturated rings. The number of ether oxygens (including phenoxy) is 1. The van der Waals surface area contributed by atoms with Gasteiger partial charge in [-0.05, 0) is 24.6 Å². The molecule has 1 aromatic heterocycles. The van der Waals surface area contributed by atoms with E-state index in [1.807, 2.05) is 0 Å². The number of Topliss-reactive ketones (excluding diaryl/α,β-unsaturated/α-hetero) is 1. The van der Waals surface area contributed by atoms with Gasteiger partial charge in [0, 0.05) is 19.2 Å². The van der Waals surface area contributed by atoms with Crippen LogP contribution >= 0.6 is 0 Å². The first kappa shape index (κ1) is 18.5. The first-order valence-corrected chi connectivity index (χ1v) is 7.33. The standard InChI is InChI=1S/C16H15F3N2O4/c1-2-21-9-11(20-14(21)15(23)24)8-12(22)7-10-3-5-13(6-4-10)25-16(17,18)19/h3-6,9H,2,7-8H2,1H3,(H,23,24). The zero-order valence-corrected chi connectivity index (χ0v) is 13.2. The molecule has 2 rings (SSSR count). The number of hydrogen-bond donors (Lipinski definition) is 1. The second-order valence-electron chi connectivity index (χ2n) is 5.23. The number of nitrogens with zero attached hydrogens (tertiary/aromatic N) is 2. The smallest absolute Gasteiger partial charge is 0.475 e. The lowest BCUT2D eigenvalue weighted by Crippen LogP contribution is -2.17. The molecule has 0 unspecified atom stereocenters. The second-order valence-corrected chi connectivity index (χ2v) is 5.23. The van der Waals surface area contributed by atoms with Crippen molar-refractivity contribution in [2.24, 2.45) is 0 Å². The Morgan fingerprint density at radius 3 is 2.32 bits per heavy atom. The maximum Gasteiger partial charge on any atom is 0.573 e. The molecule has 25 heavy (non-hydrogen) atoms. The van der Waals surface area contributed by atoms with Crippen LogP contribution in [0, 0.1) is 0 Å². The highest BCUT2D eigenvalue weighted by molar-refractivity contribution is 5.85. The molecule has 0 bridgehead atoms. The fourth-order valence-corrected chi connectivity index (χ4v) is 2.27. The zero-order chi connectivity index (χ0) is 18.6. The SMILES string of the molecule is CCn1cc(CC(=O)Cc2ccc(OC(F)(F)F)cc2)nc1C(=O)O. The van der Waals surface area contributed by atoms with Crippen LogP contribution in [0.1, 0.15) is 28.8 Å². The van der Waals surface area contributed by atoms with Gasteiger partial charge in [0.25, 0.3) is 0 Å². The van der Waals surface area contributed by atoms with Crippen molar-refractivity contribution in [2.75, 3.05) is 0 Å². The molecule has 0 saturated carbocycles. The minimum absolute atomic E-state index is 0.00626. The van der Waals surface area contributed by atoms with Gasteiger partial charge in [-0.3, -0.25) is 4.79 Å². The highest BCUT2D eigenvalue weighted by Crippen LogP contribution is 2.23. The Morgan fingerprint density at radius 2 is 1.84 bits per heavy atom. The molecule has 134 valence electrons. The monoisotopic (exact) mass is 356 g/mol. The number of aromatic carboxylic acids is 1. The number of carboxylic acid groups (broad SMARTS) is 1. The van der Waals surface area contributed by atoms with E-state index in [1.165, 1.54) is 22.9 Å². The lowest BCUT2D eigenvalue weighted by molar-refractivity contribution is -0.274. The van der Waals surface area contributed by atoms with E-state index in [-0.39, 0.29) is 30.2 Å². The number of hydrogen-bond acceptors (Lipinski definition) is 4. The Morgan fingerprint density at radius 1 is 1.20 bits per heavy atom. The van der Waals surface area contributed by atoms with Crippen molar-refractivity contribution >= 4 is 11.8 Å². The van der Waals surface area contributed by atoms with Gasteiger partial charge >= 0.3 is 12.3 Å². The predicted molar refractivity (Wildman–Crippen MR) is 80.4 cm³/mol. The van der Waals surface area contributed by atoms with Gasteiger partial charge in [-0.2, -0.15) is 0 Å². The summed E-state index contributed by atoms with van der Waals surface area (Å²) in [6.45, 7) is 2.16. The van der Waals surface area contributed by atoms with Crippen LogP contribution < -0.4 is 4.74 Å². The summed E-state index contributed by atoms with van der Waals surface area (Å²) in [5, 5.41) is 9.03. The van der Waals surface area contributed by atoms with Crippen molar-refractivity contribution in [1.82, 2.24) is 9.55 Å². The van der Waals surface area contributed by atoms with Crippen molar-refractivity contribution in [3.8, 4) is 5.75 Å². The number of imidazole rings is 1.